The number of likely N-dealkylation sites (tertiary alicyclic amines) is 1. The van der Waals surface area contributed by atoms with Crippen molar-refractivity contribution in [3.8, 4) is 11.1 Å². The number of imide groups is 1. The van der Waals surface area contributed by atoms with E-state index in [-0.39, 0.29) is 36.9 Å². The number of fused-ring (bicyclic) bond motifs is 1. The Morgan fingerprint density at radius 3 is 2.56 bits per heavy atom. The van der Waals surface area contributed by atoms with Gasteiger partial charge in [-0.3, -0.25) is 24.0 Å². The van der Waals surface area contributed by atoms with Crippen LogP contribution in [0.3, 0.4) is 0 Å². The summed E-state index contributed by atoms with van der Waals surface area (Å²) in [4.78, 5) is 41.0. The Morgan fingerprint density at radius 1 is 1.19 bits per heavy atom. The molecule has 1 aromatic carbocycles. The zero-order valence-corrected chi connectivity index (χ0v) is 14.7. The Hall–Kier alpha value is -3.55. The van der Waals surface area contributed by atoms with E-state index in [1.54, 1.807) is 23.0 Å². The second kappa shape index (κ2) is 6.31. The van der Waals surface area contributed by atoms with Crippen LogP contribution in [0, 0.1) is 0 Å². The topological polar surface area (TPSA) is 111 Å². The van der Waals surface area contributed by atoms with Crippen molar-refractivity contribution in [1.82, 2.24) is 19.7 Å². The Morgan fingerprint density at radius 2 is 1.93 bits per heavy atom. The average Bonchev–Trinajstić information content (AvgIpc) is 3.21. The Balaban J connectivity index is 1.82. The van der Waals surface area contributed by atoms with Crippen molar-refractivity contribution in [2.75, 3.05) is 0 Å². The fourth-order valence-corrected chi connectivity index (χ4v) is 3.28. The molecule has 3 amide bonds. The first-order chi connectivity index (χ1) is 12.9. The second-order valence-electron chi connectivity index (χ2n) is 6.55. The zero-order valence-electron chi connectivity index (χ0n) is 14.7. The molecule has 0 aliphatic carbocycles. The number of rotatable bonds is 4. The maximum Gasteiger partial charge on any atom is 0.267 e. The Labute approximate surface area is 154 Å². The molecule has 0 bridgehead atoms. The van der Waals surface area contributed by atoms with Gasteiger partial charge in [0.2, 0.25) is 11.8 Å². The largest absolute Gasteiger partial charge is 0.364 e. The number of carbonyl (C=O) groups is 3. The zero-order chi connectivity index (χ0) is 19.1. The summed E-state index contributed by atoms with van der Waals surface area (Å²) in [5, 5.41) is 5.00. The van der Waals surface area contributed by atoms with E-state index in [1.165, 1.54) is 4.90 Å². The summed E-state index contributed by atoms with van der Waals surface area (Å²) >= 11 is 0. The molecule has 3 heterocycles. The second-order valence-corrected chi connectivity index (χ2v) is 6.55. The van der Waals surface area contributed by atoms with E-state index in [0.29, 0.717) is 5.52 Å². The normalized spacial score (nSPS) is 14.3. The van der Waals surface area contributed by atoms with E-state index < -0.39 is 5.91 Å². The number of aryl methyl sites for hydroxylation is 1. The molecular weight excluding hydrogens is 346 g/mol. The van der Waals surface area contributed by atoms with Crippen molar-refractivity contribution in [3.05, 3.63) is 47.9 Å². The van der Waals surface area contributed by atoms with Crippen LogP contribution in [0.15, 0.2) is 36.7 Å². The van der Waals surface area contributed by atoms with Crippen LogP contribution in [0.5, 0.6) is 0 Å². The van der Waals surface area contributed by atoms with Crippen molar-refractivity contribution in [3.63, 3.8) is 0 Å². The first kappa shape index (κ1) is 16.9. The van der Waals surface area contributed by atoms with Gasteiger partial charge in [-0.2, -0.15) is 5.10 Å². The predicted octanol–water partition coefficient (Wildman–Crippen LogP) is 1.38. The molecule has 136 valence electrons. The standard InChI is InChI=1S/C19H17N5O3/c1-23-10-12(8-21-23)14-7-16(19(20)27)22-15-6-11(2-3-13(14)15)9-24-17(25)4-5-18(24)26/h2-3,6-8,10H,4-5,9H2,1H3,(H2,20,27). The summed E-state index contributed by atoms with van der Waals surface area (Å²) in [6, 6.07) is 7.15. The minimum Gasteiger partial charge on any atom is -0.364 e. The lowest BCUT2D eigenvalue weighted by Gasteiger charge is -2.15. The maximum atomic E-state index is 11.9. The minimum absolute atomic E-state index is 0.145. The van der Waals surface area contributed by atoms with Gasteiger partial charge in [-0.25, -0.2) is 4.98 Å². The van der Waals surface area contributed by atoms with Gasteiger partial charge in [-0.05, 0) is 23.3 Å². The summed E-state index contributed by atoms with van der Waals surface area (Å²) in [6.07, 6.45) is 4.05. The van der Waals surface area contributed by atoms with Crippen molar-refractivity contribution in [1.29, 1.82) is 0 Å². The number of hydrogen-bond donors (Lipinski definition) is 1. The van der Waals surface area contributed by atoms with Crippen LogP contribution < -0.4 is 5.73 Å². The molecule has 8 nitrogen and oxygen atoms in total. The van der Waals surface area contributed by atoms with E-state index in [4.69, 9.17) is 5.73 Å². The molecule has 1 fully saturated rings. The van der Waals surface area contributed by atoms with Gasteiger partial charge in [0.25, 0.3) is 5.91 Å². The van der Waals surface area contributed by atoms with Gasteiger partial charge in [-0.1, -0.05) is 12.1 Å². The van der Waals surface area contributed by atoms with Crippen LogP contribution in [0.25, 0.3) is 22.0 Å². The molecule has 4 rings (SSSR count). The molecule has 1 aliphatic rings. The maximum absolute atomic E-state index is 11.9. The number of benzene rings is 1. The molecule has 1 aliphatic heterocycles. The summed E-state index contributed by atoms with van der Waals surface area (Å²) in [5.74, 6) is -0.970. The average molecular weight is 363 g/mol. The third-order valence-electron chi connectivity index (χ3n) is 4.64. The molecular formula is C19H17N5O3. The van der Waals surface area contributed by atoms with E-state index in [1.807, 2.05) is 25.4 Å². The predicted molar refractivity (Wildman–Crippen MR) is 97.3 cm³/mol. The van der Waals surface area contributed by atoms with Crippen LogP contribution in [-0.2, 0) is 23.2 Å². The van der Waals surface area contributed by atoms with E-state index >= 15 is 0 Å². The number of nitrogens with zero attached hydrogens (tertiary/aromatic N) is 4. The molecule has 3 aromatic rings. The molecule has 0 spiro atoms. The molecule has 2 aromatic heterocycles. The Bertz CT molecular complexity index is 1090. The smallest absolute Gasteiger partial charge is 0.267 e. The fraction of sp³-hybridized carbons (Fsp3) is 0.211. The number of amides is 3. The molecule has 0 saturated carbocycles. The molecule has 2 N–H and O–H groups in total. The van der Waals surface area contributed by atoms with Gasteiger partial charge in [0.05, 0.1) is 18.3 Å². The number of pyridine rings is 1. The summed E-state index contributed by atoms with van der Waals surface area (Å²) in [5.41, 5.74) is 8.55. The number of nitrogens with two attached hydrogens (primary N) is 1. The van der Waals surface area contributed by atoms with E-state index in [2.05, 4.69) is 10.1 Å². The summed E-state index contributed by atoms with van der Waals surface area (Å²) in [7, 11) is 1.81. The number of hydrogen-bond acceptors (Lipinski definition) is 5. The highest BCUT2D eigenvalue weighted by Crippen LogP contribution is 2.29. The van der Waals surface area contributed by atoms with Crippen molar-refractivity contribution < 1.29 is 14.4 Å². The van der Waals surface area contributed by atoms with Crippen molar-refractivity contribution in [2.45, 2.75) is 19.4 Å². The van der Waals surface area contributed by atoms with E-state index in [9.17, 15) is 14.4 Å². The fourth-order valence-electron chi connectivity index (χ4n) is 3.28. The number of primary amides is 1. The first-order valence-electron chi connectivity index (χ1n) is 8.48. The van der Waals surface area contributed by atoms with Crippen molar-refractivity contribution >= 4 is 28.6 Å². The molecule has 8 heteroatoms. The molecule has 0 atom stereocenters. The molecule has 27 heavy (non-hydrogen) atoms. The van der Waals surface area contributed by atoms with Crippen LogP contribution >= 0.6 is 0 Å². The quantitative estimate of drug-likeness (QED) is 0.704. The lowest BCUT2D eigenvalue weighted by molar-refractivity contribution is -0.139. The van der Waals surface area contributed by atoms with Crippen LogP contribution in [0.2, 0.25) is 0 Å². The third kappa shape index (κ3) is 3.05. The number of aromatic nitrogens is 3. The number of carbonyl (C=O) groups excluding carboxylic acids is 3. The monoisotopic (exact) mass is 363 g/mol. The van der Waals surface area contributed by atoms with Gasteiger partial charge in [0, 0.05) is 37.0 Å². The lowest BCUT2D eigenvalue weighted by atomic mass is 10.0. The first-order valence-corrected chi connectivity index (χ1v) is 8.48. The minimum atomic E-state index is -0.627. The highest BCUT2D eigenvalue weighted by atomic mass is 16.2. The van der Waals surface area contributed by atoms with Gasteiger partial charge in [0.1, 0.15) is 5.69 Å². The highest BCUT2D eigenvalue weighted by molar-refractivity contribution is 6.02. The molecule has 0 unspecified atom stereocenters. The van der Waals surface area contributed by atoms with Crippen LogP contribution in [0.1, 0.15) is 28.9 Å². The van der Waals surface area contributed by atoms with Gasteiger partial charge < -0.3 is 5.73 Å². The highest BCUT2D eigenvalue weighted by Gasteiger charge is 2.28. The van der Waals surface area contributed by atoms with Crippen LogP contribution in [-0.4, -0.2) is 37.4 Å². The van der Waals surface area contributed by atoms with Gasteiger partial charge in [0.15, 0.2) is 0 Å². The van der Waals surface area contributed by atoms with E-state index in [0.717, 1.165) is 22.1 Å². The summed E-state index contributed by atoms with van der Waals surface area (Å²) in [6.45, 7) is 0.193. The van der Waals surface area contributed by atoms with Crippen molar-refractivity contribution in [2.24, 2.45) is 12.8 Å². The van der Waals surface area contributed by atoms with Crippen LogP contribution in [0.4, 0.5) is 0 Å². The summed E-state index contributed by atoms with van der Waals surface area (Å²) < 4.78 is 1.67. The Kier molecular flexibility index (Phi) is 3.95. The lowest BCUT2D eigenvalue weighted by Crippen LogP contribution is -2.28. The van der Waals surface area contributed by atoms with Gasteiger partial charge >= 0.3 is 0 Å². The van der Waals surface area contributed by atoms with Gasteiger partial charge in [-0.15, -0.1) is 0 Å². The molecule has 0 radical (unpaired) electrons. The molecule has 1 saturated heterocycles. The third-order valence-corrected chi connectivity index (χ3v) is 4.64. The SMILES string of the molecule is Cn1cc(-c2cc(C(N)=O)nc3cc(CN4C(=O)CCC4=O)ccc23)cn1.